The van der Waals surface area contributed by atoms with E-state index in [1.807, 2.05) is 13.0 Å². The van der Waals surface area contributed by atoms with Crippen molar-refractivity contribution in [3.63, 3.8) is 0 Å². The van der Waals surface area contributed by atoms with Gasteiger partial charge in [-0.15, -0.1) is 0 Å². The van der Waals surface area contributed by atoms with Crippen LogP contribution in [0, 0.1) is 18.8 Å². The van der Waals surface area contributed by atoms with Crippen molar-refractivity contribution in [1.29, 1.82) is 0 Å². The average molecular weight is 309 g/mol. The smallest absolute Gasteiger partial charge is 0.252 e. The minimum atomic E-state index is -3.02. The van der Waals surface area contributed by atoms with Crippen molar-refractivity contribution in [2.75, 3.05) is 25.2 Å². The van der Waals surface area contributed by atoms with Gasteiger partial charge >= 0.3 is 0 Å². The Morgan fingerprint density at radius 2 is 2.10 bits per heavy atom. The third-order valence-electron chi connectivity index (χ3n) is 2.70. The van der Waals surface area contributed by atoms with Gasteiger partial charge in [0.05, 0.1) is 11.3 Å². The second-order valence-electron chi connectivity index (χ2n) is 4.75. The van der Waals surface area contributed by atoms with E-state index in [1.165, 1.54) is 0 Å². The molecule has 0 aliphatic heterocycles. The maximum Gasteiger partial charge on any atom is 0.252 e. The van der Waals surface area contributed by atoms with E-state index in [-0.39, 0.29) is 24.8 Å². The fourth-order valence-electron chi connectivity index (χ4n) is 1.72. The van der Waals surface area contributed by atoms with Crippen LogP contribution in [-0.2, 0) is 9.84 Å². The molecule has 0 aliphatic rings. The van der Waals surface area contributed by atoms with Crippen LogP contribution in [0.1, 0.15) is 27.9 Å². The van der Waals surface area contributed by atoms with E-state index in [2.05, 4.69) is 17.2 Å². The Labute approximate surface area is 125 Å². The summed E-state index contributed by atoms with van der Waals surface area (Å²) < 4.78 is 22.0. The predicted molar refractivity (Wildman–Crippen MR) is 81.8 cm³/mol. The van der Waals surface area contributed by atoms with E-state index < -0.39 is 9.84 Å². The zero-order chi connectivity index (χ0) is 15.9. The minimum absolute atomic E-state index is 0.0400. The molecule has 0 aliphatic carbocycles. The summed E-state index contributed by atoms with van der Waals surface area (Å²) in [5.74, 6) is 4.98. The number of amides is 1. The third kappa shape index (κ3) is 6.43. The maximum atomic E-state index is 12.1. The lowest BCUT2D eigenvalue weighted by Crippen LogP contribution is -2.26. The number of rotatable bonds is 5. The van der Waals surface area contributed by atoms with Gasteiger partial charge in [-0.2, -0.15) is 0 Å². The molecule has 0 saturated carbocycles. The fourth-order valence-corrected chi connectivity index (χ4v) is 2.39. The molecule has 0 heterocycles. The summed E-state index contributed by atoms with van der Waals surface area (Å²) in [5, 5.41) is 11.4. The largest absolute Gasteiger partial charge is 0.384 e. The molecular weight excluding hydrogens is 290 g/mol. The molecule has 1 aromatic carbocycles. The SMILES string of the molecule is Cc1ccc(C#CCO)c(C(=O)NCCCS(C)(=O)=O)c1. The summed E-state index contributed by atoms with van der Waals surface area (Å²) in [6.07, 6.45) is 1.53. The van der Waals surface area contributed by atoms with E-state index in [9.17, 15) is 13.2 Å². The Kier molecular flexibility index (Phi) is 6.40. The van der Waals surface area contributed by atoms with E-state index in [0.717, 1.165) is 11.8 Å². The van der Waals surface area contributed by atoms with Crippen LogP contribution in [0.5, 0.6) is 0 Å². The van der Waals surface area contributed by atoms with E-state index in [1.54, 1.807) is 12.1 Å². The molecule has 0 fully saturated rings. The lowest BCUT2D eigenvalue weighted by Gasteiger charge is -2.08. The second-order valence-corrected chi connectivity index (χ2v) is 7.01. The summed E-state index contributed by atoms with van der Waals surface area (Å²) in [6.45, 7) is 1.87. The van der Waals surface area contributed by atoms with Crippen molar-refractivity contribution in [1.82, 2.24) is 5.32 Å². The van der Waals surface area contributed by atoms with Crippen LogP contribution in [0.25, 0.3) is 0 Å². The average Bonchev–Trinajstić information content (AvgIpc) is 2.41. The molecule has 1 aromatic rings. The number of carbonyl (C=O) groups is 1. The highest BCUT2D eigenvalue weighted by atomic mass is 32.2. The number of hydrogen-bond acceptors (Lipinski definition) is 4. The summed E-state index contributed by atoms with van der Waals surface area (Å²) in [6, 6.07) is 5.28. The highest BCUT2D eigenvalue weighted by Gasteiger charge is 2.10. The Bertz CT molecular complexity index is 669. The van der Waals surface area contributed by atoms with Crippen LogP contribution in [0.4, 0.5) is 0 Å². The molecular formula is C15H19NO4S. The van der Waals surface area contributed by atoms with Gasteiger partial charge in [-0.1, -0.05) is 23.5 Å². The van der Waals surface area contributed by atoms with Crippen molar-refractivity contribution in [3.05, 3.63) is 34.9 Å². The second kappa shape index (κ2) is 7.81. The molecule has 0 spiro atoms. The van der Waals surface area contributed by atoms with Gasteiger partial charge in [0, 0.05) is 18.4 Å². The molecule has 1 rings (SSSR count). The molecule has 114 valence electrons. The molecule has 1 amide bonds. The molecule has 6 heteroatoms. The van der Waals surface area contributed by atoms with Gasteiger partial charge in [0.1, 0.15) is 16.4 Å². The summed E-state index contributed by atoms with van der Waals surface area (Å²) >= 11 is 0. The van der Waals surface area contributed by atoms with Gasteiger partial charge in [0.15, 0.2) is 0 Å². The number of benzene rings is 1. The molecule has 21 heavy (non-hydrogen) atoms. The number of aryl methyl sites for hydroxylation is 1. The minimum Gasteiger partial charge on any atom is -0.384 e. The van der Waals surface area contributed by atoms with Crippen molar-refractivity contribution in [2.45, 2.75) is 13.3 Å². The first-order valence-corrected chi connectivity index (χ1v) is 8.56. The molecule has 0 unspecified atom stereocenters. The van der Waals surface area contributed by atoms with Crippen molar-refractivity contribution in [3.8, 4) is 11.8 Å². The topological polar surface area (TPSA) is 83.5 Å². The monoisotopic (exact) mass is 309 g/mol. The van der Waals surface area contributed by atoms with Crippen LogP contribution >= 0.6 is 0 Å². The van der Waals surface area contributed by atoms with Gasteiger partial charge in [0.2, 0.25) is 0 Å². The first kappa shape index (κ1) is 17.2. The van der Waals surface area contributed by atoms with E-state index in [0.29, 0.717) is 17.5 Å². The molecule has 0 bridgehead atoms. The molecule has 2 N–H and O–H groups in total. The molecule has 0 aromatic heterocycles. The van der Waals surface area contributed by atoms with Crippen LogP contribution in [-0.4, -0.2) is 44.6 Å². The highest BCUT2D eigenvalue weighted by molar-refractivity contribution is 7.90. The quantitative estimate of drug-likeness (QED) is 0.613. The summed E-state index contributed by atoms with van der Waals surface area (Å²) in [4.78, 5) is 12.1. The van der Waals surface area contributed by atoms with Gasteiger partial charge < -0.3 is 10.4 Å². The number of aliphatic hydroxyl groups excluding tert-OH is 1. The number of carbonyl (C=O) groups excluding carboxylic acids is 1. The number of nitrogens with one attached hydrogen (secondary N) is 1. The van der Waals surface area contributed by atoms with Crippen LogP contribution in [0.2, 0.25) is 0 Å². The van der Waals surface area contributed by atoms with E-state index >= 15 is 0 Å². The molecule has 0 atom stereocenters. The molecule has 0 saturated heterocycles. The number of sulfone groups is 1. The number of hydrogen-bond donors (Lipinski definition) is 2. The standard InChI is InChI=1S/C15H19NO4S/c1-12-6-7-13(5-3-9-17)14(11-12)15(18)16-8-4-10-21(2,19)20/h6-7,11,17H,4,8-10H2,1-2H3,(H,16,18). The van der Waals surface area contributed by atoms with Crippen LogP contribution in [0.15, 0.2) is 18.2 Å². The van der Waals surface area contributed by atoms with Gasteiger partial charge in [0.25, 0.3) is 5.91 Å². The zero-order valence-electron chi connectivity index (χ0n) is 12.1. The predicted octanol–water partition coefficient (Wildman–Crippen LogP) is 0.503. The first-order chi connectivity index (χ1) is 9.83. The molecule has 0 radical (unpaired) electrons. The normalized spacial score (nSPS) is 10.6. The lowest BCUT2D eigenvalue weighted by atomic mass is 10.0. The maximum absolute atomic E-state index is 12.1. The number of aliphatic hydroxyl groups is 1. The Morgan fingerprint density at radius 3 is 2.71 bits per heavy atom. The van der Waals surface area contributed by atoms with Crippen LogP contribution in [0.3, 0.4) is 0 Å². The Balaban J connectivity index is 2.75. The van der Waals surface area contributed by atoms with Crippen molar-refractivity contribution in [2.24, 2.45) is 0 Å². The summed E-state index contributed by atoms with van der Waals surface area (Å²) in [5.41, 5.74) is 1.89. The van der Waals surface area contributed by atoms with Crippen molar-refractivity contribution < 1.29 is 18.3 Å². The lowest BCUT2D eigenvalue weighted by molar-refractivity contribution is 0.0953. The van der Waals surface area contributed by atoms with Crippen molar-refractivity contribution >= 4 is 15.7 Å². The van der Waals surface area contributed by atoms with Gasteiger partial charge in [-0.25, -0.2) is 8.42 Å². The molecule has 5 nitrogen and oxygen atoms in total. The summed E-state index contributed by atoms with van der Waals surface area (Å²) in [7, 11) is -3.02. The zero-order valence-corrected chi connectivity index (χ0v) is 13.0. The first-order valence-electron chi connectivity index (χ1n) is 6.50. The Hall–Kier alpha value is -1.84. The van der Waals surface area contributed by atoms with Gasteiger partial charge in [-0.05, 0) is 25.5 Å². The fraction of sp³-hybridized carbons (Fsp3) is 0.400. The third-order valence-corrected chi connectivity index (χ3v) is 3.73. The highest BCUT2D eigenvalue weighted by Crippen LogP contribution is 2.11. The van der Waals surface area contributed by atoms with Gasteiger partial charge in [-0.3, -0.25) is 4.79 Å². The Morgan fingerprint density at radius 1 is 1.38 bits per heavy atom. The van der Waals surface area contributed by atoms with Crippen LogP contribution < -0.4 is 5.32 Å². The van der Waals surface area contributed by atoms with E-state index in [4.69, 9.17) is 5.11 Å².